The fourth-order valence-electron chi connectivity index (χ4n) is 1.77. The molecule has 2 N–H and O–H groups in total. The zero-order valence-electron chi connectivity index (χ0n) is 9.15. The highest BCUT2D eigenvalue weighted by molar-refractivity contribution is 9.10. The van der Waals surface area contributed by atoms with Crippen LogP contribution in [0.15, 0.2) is 40.9 Å². The zero-order chi connectivity index (χ0) is 12.7. The lowest BCUT2D eigenvalue weighted by molar-refractivity contribution is 1.47. The van der Waals surface area contributed by atoms with Crippen LogP contribution in [0, 0.1) is 0 Å². The van der Waals surface area contributed by atoms with Crippen LogP contribution in [0.3, 0.4) is 0 Å². The molecule has 0 aliphatic carbocycles. The van der Waals surface area contributed by atoms with Gasteiger partial charge in [0, 0.05) is 10.2 Å². The summed E-state index contributed by atoms with van der Waals surface area (Å²) in [5.74, 6) is 0. The van der Waals surface area contributed by atoms with E-state index in [0.717, 1.165) is 25.3 Å². The molecule has 1 heterocycles. The molecule has 0 radical (unpaired) electrons. The van der Waals surface area contributed by atoms with E-state index in [1.807, 2.05) is 36.4 Å². The van der Waals surface area contributed by atoms with Crippen LogP contribution in [0.1, 0.15) is 0 Å². The molecule has 0 aliphatic rings. The number of nitrogens with two attached hydrogens (primary N) is 1. The molecule has 2 aromatic carbocycles. The minimum Gasteiger partial charge on any atom is -0.398 e. The molecule has 0 unspecified atom stereocenters. The molecule has 18 heavy (non-hydrogen) atoms. The zero-order valence-corrected chi connectivity index (χ0v) is 12.3. The van der Waals surface area contributed by atoms with Crippen LogP contribution >= 0.6 is 38.9 Å². The van der Waals surface area contributed by atoms with Gasteiger partial charge in [-0.15, -0.1) is 11.3 Å². The van der Waals surface area contributed by atoms with Crippen LogP contribution in [-0.4, -0.2) is 4.98 Å². The van der Waals surface area contributed by atoms with E-state index in [2.05, 4.69) is 20.9 Å². The molecule has 0 spiro atoms. The van der Waals surface area contributed by atoms with Crippen molar-refractivity contribution in [3.05, 3.63) is 45.9 Å². The summed E-state index contributed by atoms with van der Waals surface area (Å²) in [6.07, 6.45) is 0. The van der Waals surface area contributed by atoms with Crippen LogP contribution < -0.4 is 5.73 Å². The van der Waals surface area contributed by atoms with Crippen molar-refractivity contribution in [3.63, 3.8) is 0 Å². The van der Waals surface area contributed by atoms with Crippen LogP contribution in [0.2, 0.25) is 5.02 Å². The normalized spacial score (nSPS) is 11.0. The maximum atomic E-state index is 6.20. The van der Waals surface area contributed by atoms with Gasteiger partial charge in [0.25, 0.3) is 0 Å². The molecule has 0 fully saturated rings. The van der Waals surface area contributed by atoms with Crippen molar-refractivity contribution in [3.8, 4) is 10.6 Å². The number of fused-ring (bicyclic) bond motifs is 1. The molecule has 0 atom stereocenters. The van der Waals surface area contributed by atoms with E-state index in [0.29, 0.717) is 10.7 Å². The molecule has 90 valence electrons. The number of hydrogen-bond donors (Lipinski definition) is 1. The van der Waals surface area contributed by atoms with Gasteiger partial charge in [-0.25, -0.2) is 4.98 Å². The SMILES string of the molecule is Nc1cccc(Cl)c1-c1nc2ccc(Br)cc2s1. The molecule has 0 aliphatic heterocycles. The van der Waals surface area contributed by atoms with Gasteiger partial charge in [-0.05, 0) is 30.3 Å². The number of nitrogen functional groups attached to an aromatic ring is 1. The van der Waals surface area contributed by atoms with E-state index in [9.17, 15) is 0 Å². The first kappa shape index (κ1) is 12.0. The summed E-state index contributed by atoms with van der Waals surface area (Å²) < 4.78 is 2.15. The second-order valence-corrected chi connectivity index (χ2v) is 6.19. The van der Waals surface area contributed by atoms with E-state index in [1.165, 1.54) is 0 Å². The van der Waals surface area contributed by atoms with Gasteiger partial charge in [0.2, 0.25) is 0 Å². The first-order chi connectivity index (χ1) is 8.65. The van der Waals surface area contributed by atoms with Gasteiger partial charge in [-0.3, -0.25) is 0 Å². The Morgan fingerprint density at radius 3 is 2.83 bits per heavy atom. The molecular formula is C13H8BrClN2S. The Morgan fingerprint density at radius 1 is 1.22 bits per heavy atom. The van der Waals surface area contributed by atoms with Gasteiger partial charge in [-0.2, -0.15) is 0 Å². The van der Waals surface area contributed by atoms with E-state index in [1.54, 1.807) is 11.3 Å². The van der Waals surface area contributed by atoms with Crippen LogP contribution in [0.4, 0.5) is 5.69 Å². The smallest absolute Gasteiger partial charge is 0.128 e. The maximum Gasteiger partial charge on any atom is 0.128 e. The third-order valence-electron chi connectivity index (χ3n) is 2.61. The summed E-state index contributed by atoms with van der Waals surface area (Å²) in [7, 11) is 0. The first-order valence-electron chi connectivity index (χ1n) is 5.25. The number of halogens is 2. The molecular weight excluding hydrogens is 332 g/mol. The van der Waals surface area contributed by atoms with Gasteiger partial charge in [0.15, 0.2) is 0 Å². The standard InChI is InChI=1S/C13H8BrClN2S/c14-7-4-5-10-11(6-7)18-13(17-10)12-8(15)2-1-3-9(12)16/h1-6H,16H2. The number of thiazole rings is 1. The number of anilines is 1. The van der Waals surface area contributed by atoms with E-state index in [4.69, 9.17) is 17.3 Å². The predicted molar refractivity (Wildman–Crippen MR) is 82.2 cm³/mol. The number of aromatic nitrogens is 1. The maximum absolute atomic E-state index is 6.20. The van der Waals surface area contributed by atoms with Crippen molar-refractivity contribution in [1.29, 1.82) is 0 Å². The van der Waals surface area contributed by atoms with Gasteiger partial charge in [-0.1, -0.05) is 33.6 Å². The molecule has 0 bridgehead atoms. The Hall–Kier alpha value is -1.10. The minimum absolute atomic E-state index is 0.633. The summed E-state index contributed by atoms with van der Waals surface area (Å²) >= 11 is 11.2. The van der Waals surface area contributed by atoms with Gasteiger partial charge < -0.3 is 5.73 Å². The highest BCUT2D eigenvalue weighted by Gasteiger charge is 2.12. The van der Waals surface area contributed by atoms with Crippen molar-refractivity contribution < 1.29 is 0 Å². The van der Waals surface area contributed by atoms with Crippen LogP contribution in [-0.2, 0) is 0 Å². The molecule has 0 saturated heterocycles. The molecule has 1 aromatic heterocycles. The van der Waals surface area contributed by atoms with E-state index >= 15 is 0 Å². The van der Waals surface area contributed by atoms with E-state index in [-0.39, 0.29) is 0 Å². The van der Waals surface area contributed by atoms with Crippen molar-refractivity contribution in [2.75, 3.05) is 5.73 Å². The van der Waals surface area contributed by atoms with Gasteiger partial charge in [0.1, 0.15) is 5.01 Å². The lowest BCUT2D eigenvalue weighted by Crippen LogP contribution is -1.89. The van der Waals surface area contributed by atoms with E-state index < -0.39 is 0 Å². The summed E-state index contributed by atoms with van der Waals surface area (Å²) in [5, 5.41) is 1.49. The Kier molecular flexibility index (Phi) is 3.01. The summed E-state index contributed by atoms with van der Waals surface area (Å²) in [4.78, 5) is 4.58. The quantitative estimate of drug-likeness (QED) is 0.636. The average molecular weight is 340 g/mol. The number of hydrogen-bond acceptors (Lipinski definition) is 3. The highest BCUT2D eigenvalue weighted by atomic mass is 79.9. The Balaban J connectivity index is 2.26. The number of rotatable bonds is 1. The largest absolute Gasteiger partial charge is 0.398 e. The van der Waals surface area contributed by atoms with Crippen molar-refractivity contribution >= 4 is 54.8 Å². The summed E-state index contributed by atoms with van der Waals surface area (Å²) in [5.41, 5.74) is 8.40. The molecule has 0 amide bonds. The first-order valence-corrected chi connectivity index (χ1v) is 7.24. The molecule has 3 rings (SSSR count). The number of nitrogens with zero attached hydrogens (tertiary/aromatic N) is 1. The number of benzene rings is 2. The van der Waals surface area contributed by atoms with Crippen molar-refractivity contribution in [1.82, 2.24) is 4.98 Å². The highest BCUT2D eigenvalue weighted by Crippen LogP contribution is 2.38. The molecule has 3 aromatic rings. The Labute approximate surface area is 122 Å². The third-order valence-corrected chi connectivity index (χ3v) is 4.45. The summed E-state index contributed by atoms with van der Waals surface area (Å²) in [6, 6.07) is 11.5. The Bertz CT molecular complexity index is 719. The van der Waals surface area contributed by atoms with Crippen molar-refractivity contribution in [2.24, 2.45) is 0 Å². The molecule has 5 heteroatoms. The topological polar surface area (TPSA) is 38.9 Å². The minimum atomic E-state index is 0.633. The molecule has 2 nitrogen and oxygen atoms in total. The van der Waals surface area contributed by atoms with Crippen LogP contribution in [0.5, 0.6) is 0 Å². The van der Waals surface area contributed by atoms with Crippen LogP contribution in [0.25, 0.3) is 20.8 Å². The average Bonchev–Trinajstić information content (AvgIpc) is 2.71. The lowest BCUT2D eigenvalue weighted by atomic mass is 10.2. The fourth-order valence-corrected chi connectivity index (χ4v) is 3.70. The van der Waals surface area contributed by atoms with Gasteiger partial charge in [0.05, 0.1) is 20.8 Å². The Morgan fingerprint density at radius 2 is 2.06 bits per heavy atom. The summed E-state index contributed by atoms with van der Waals surface area (Å²) in [6.45, 7) is 0. The second kappa shape index (κ2) is 4.53. The van der Waals surface area contributed by atoms with Gasteiger partial charge >= 0.3 is 0 Å². The second-order valence-electron chi connectivity index (χ2n) is 3.84. The van der Waals surface area contributed by atoms with Crippen molar-refractivity contribution in [2.45, 2.75) is 0 Å². The predicted octanol–water partition coefficient (Wildman–Crippen LogP) is 4.96. The third kappa shape index (κ3) is 2.00. The molecule has 0 saturated carbocycles. The fraction of sp³-hybridized carbons (Fsp3) is 0. The monoisotopic (exact) mass is 338 g/mol. The lowest BCUT2D eigenvalue weighted by Gasteiger charge is -2.03.